The third-order valence-corrected chi connectivity index (χ3v) is 3.84. The van der Waals surface area contributed by atoms with Crippen molar-refractivity contribution in [3.8, 4) is 5.75 Å². The van der Waals surface area contributed by atoms with Crippen molar-refractivity contribution in [2.24, 2.45) is 0 Å². The number of hydrogen-bond donors (Lipinski definition) is 1. The molecular weight excluding hydrogens is 339 g/mol. The molecule has 0 bridgehead atoms. The Morgan fingerprint density at radius 3 is 2.86 bits per heavy atom. The maximum atomic E-state index is 13.8. The first-order valence-corrected chi connectivity index (χ1v) is 7.40. The average molecular weight is 353 g/mol. The molecule has 1 aliphatic carbocycles. The van der Waals surface area contributed by atoms with E-state index in [0.29, 0.717) is 17.5 Å². The second kappa shape index (κ2) is 5.52. The van der Waals surface area contributed by atoms with Crippen LogP contribution in [-0.2, 0) is 0 Å². The lowest BCUT2D eigenvalue weighted by molar-refractivity contribution is 0.101. The van der Waals surface area contributed by atoms with Gasteiger partial charge in [0.15, 0.2) is 0 Å². The Hall–Kier alpha value is -1.82. The summed E-state index contributed by atoms with van der Waals surface area (Å²) in [4.78, 5) is 12.4. The van der Waals surface area contributed by atoms with Crippen LogP contribution >= 0.6 is 15.9 Å². The third-order valence-electron chi connectivity index (χ3n) is 3.41. The van der Waals surface area contributed by atoms with Crippen molar-refractivity contribution in [2.75, 3.05) is 12.4 Å². The summed E-state index contributed by atoms with van der Waals surface area (Å²) in [6.07, 6.45) is 4.01. The predicted octanol–water partition coefficient (Wildman–Crippen LogP) is 3.99. The van der Waals surface area contributed by atoms with Gasteiger partial charge in [-0.05, 0) is 47.0 Å². The second-order valence-electron chi connectivity index (χ2n) is 4.98. The van der Waals surface area contributed by atoms with Crippen molar-refractivity contribution < 1.29 is 13.9 Å². The largest absolute Gasteiger partial charge is 0.497 e. The fourth-order valence-corrected chi connectivity index (χ4v) is 2.63. The highest BCUT2D eigenvalue weighted by molar-refractivity contribution is 9.10. The summed E-state index contributed by atoms with van der Waals surface area (Å²) in [6, 6.07) is 6.35. The van der Waals surface area contributed by atoms with Gasteiger partial charge in [0.05, 0.1) is 12.8 Å². The predicted molar refractivity (Wildman–Crippen MR) is 81.3 cm³/mol. The van der Waals surface area contributed by atoms with E-state index in [2.05, 4.69) is 21.2 Å². The van der Waals surface area contributed by atoms with Crippen molar-refractivity contribution in [1.29, 1.82) is 0 Å². The summed E-state index contributed by atoms with van der Waals surface area (Å²) in [5, 5.41) is 2.60. The standard InChI is InChI=1S/C15H14BrFN2O2/c1-21-11-4-5-12(17)13(7-11)18-15(20)14-6-9(16)8-19(14)10-2-3-10/h4-8,10H,2-3H2,1H3,(H,18,20). The molecule has 4 nitrogen and oxygen atoms in total. The molecule has 1 aromatic heterocycles. The number of benzene rings is 1. The Balaban J connectivity index is 1.86. The van der Waals surface area contributed by atoms with Crippen molar-refractivity contribution in [1.82, 2.24) is 4.57 Å². The first-order chi connectivity index (χ1) is 10.1. The van der Waals surface area contributed by atoms with Gasteiger partial charge in [-0.3, -0.25) is 4.79 Å². The molecule has 0 unspecified atom stereocenters. The van der Waals surface area contributed by atoms with Gasteiger partial charge in [0.25, 0.3) is 5.91 Å². The van der Waals surface area contributed by atoms with Gasteiger partial charge < -0.3 is 14.6 Å². The highest BCUT2D eigenvalue weighted by Crippen LogP contribution is 2.37. The summed E-state index contributed by atoms with van der Waals surface area (Å²) >= 11 is 3.38. The van der Waals surface area contributed by atoms with Crippen LogP contribution in [0.3, 0.4) is 0 Å². The normalized spacial score (nSPS) is 14.0. The van der Waals surface area contributed by atoms with Crippen LogP contribution in [0.5, 0.6) is 5.75 Å². The second-order valence-corrected chi connectivity index (χ2v) is 5.90. The number of carbonyl (C=O) groups excluding carboxylic acids is 1. The van der Waals surface area contributed by atoms with Gasteiger partial charge in [0.1, 0.15) is 17.3 Å². The molecule has 0 spiro atoms. The van der Waals surface area contributed by atoms with Crippen molar-refractivity contribution >= 4 is 27.5 Å². The van der Waals surface area contributed by atoms with E-state index in [-0.39, 0.29) is 11.6 Å². The molecule has 0 aliphatic heterocycles. The van der Waals surface area contributed by atoms with Crippen LogP contribution in [-0.4, -0.2) is 17.6 Å². The van der Waals surface area contributed by atoms with Crippen LogP contribution in [0.4, 0.5) is 10.1 Å². The lowest BCUT2D eigenvalue weighted by atomic mass is 10.2. The minimum Gasteiger partial charge on any atom is -0.497 e. The average Bonchev–Trinajstić information content (AvgIpc) is 3.23. The topological polar surface area (TPSA) is 43.3 Å². The molecule has 1 N–H and O–H groups in total. The molecule has 0 atom stereocenters. The van der Waals surface area contributed by atoms with Gasteiger partial charge in [0.2, 0.25) is 0 Å². The van der Waals surface area contributed by atoms with Gasteiger partial charge in [-0.25, -0.2) is 4.39 Å². The Morgan fingerprint density at radius 1 is 1.43 bits per heavy atom. The van der Waals surface area contributed by atoms with Crippen LogP contribution in [0, 0.1) is 5.82 Å². The van der Waals surface area contributed by atoms with Crippen LogP contribution in [0.2, 0.25) is 0 Å². The SMILES string of the molecule is COc1ccc(F)c(NC(=O)c2cc(Br)cn2C2CC2)c1. The number of carbonyl (C=O) groups is 1. The zero-order chi connectivity index (χ0) is 15.0. The van der Waals surface area contributed by atoms with E-state index < -0.39 is 5.82 Å². The Kier molecular flexibility index (Phi) is 3.71. The molecule has 1 heterocycles. The Labute approximate surface area is 130 Å². The molecule has 3 rings (SSSR count). The van der Waals surface area contributed by atoms with E-state index in [4.69, 9.17) is 4.74 Å². The number of nitrogens with one attached hydrogen (secondary N) is 1. The molecule has 1 aliphatic rings. The van der Waals surface area contributed by atoms with E-state index in [9.17, 15) is 9.18 Å². The molecule has 6 heteroatoms. The smallest absolute Gasteiger partial charge is 0.272 e. The number of rotatable bonds is 4. The van der Waals surface area contributed by atoms with Gasteiger partial charge in [-0.2, -0.15) is 0 Å². The number of amides is 1. The van der Waals surface area contributed by atoms with Gasteiger partial charge in [-0.15, -0.1) is 0 Å². The minimum absolute atomic E-state index is 0.110. The lowest BCUT2D eigenvalue weighted by Gasteiger charge is -2.10. The molecule has 2 aromatic rings. The fraction of sp³-hybridized carbons (Fsp3) is 0.267. The molecule has 0 radical (unpaired) electrons. The first kappa shape index (κ1) is 14.1. The molecule has 1 saturated carbocycles. The number of halogens is 2. The number of nitrogens with zero attached hydrogens (tertiary/aromatic N) is 1. The minimum atomic E-state index is -0.493. The van der Waals surface area contributed by atoms with Crippen LogP contribution in [0.15, 0.2) is 34.9 Å². The van der Waals surface area contributed by atoms with Crippen molar-refractivity contribution in [3.63, 3.8) is 0 Å². The number of ether oxygens (including phenoxy) is 1. The van der Waals surface area contributed by atoms with Crippen molar-refractivity contribution in [2.45, 2.75) is 18.9 Å². The molecule has 0 saturated heterocycles. The highest BCUT2D eigenvalue weighted by Gasteiger charge is 2.28. The lowest BCUT2D eigenvalue weighted by Crippen LogP contribution is -2.17. The third kappa shape index (κ3) is 2.95. The first-order valence-electron chi connectivity index (χ1n) is 6.61. The summed E-state index contributed by atoms with van der Waals surface area (Å²) < 4.78 is 21.6. The highest BCUT2D eigenvalue weighted by atomic mass is 79.9. The summed E-state index contributed by atoms with van der Waals surface area (Å²) in [5.74, 6) is -0.335. The van der Waals surface area contributed by atoms with E-state index >= 15 is 0 Å². The maximum absolute atomic E-state index is 13.8. The Bertz CT molecular complexity index is 695. The van der Waals surface area contributed by atoms with Crippen LogP contribution in [0.1, 0.15) is 29.4 Å². The summed E-state index contributed by atoms with van der Waals surface area (Å²) in [7, 11) is 1.49. The quantitative estimate of drug-likeness (QED) is 0.903. The summed E-state index contributed by atoms with van der Waals surface area (Å²) in [5.41, 5.74) is 0.630. The van der Waals surface area contributed by atoms with Crippen LogP contribution < -0.4 is 10.1 Å². The zero-order valence-electron chi connectivity index (χ0n) is 11.4. The Morgan fingerprint density at radius 2 is 2.19 bits per heavy atom. The number of hydrogen-bond acceptors (Lipinski definition) is 2. The monoisotopic (exact) mass is 352 g/mol. The van der Waals surface area contributed by atoms with Crippen molar-refractivity contribution in [3.05, 3.63) is 46.4 Å². The molecule has 1 fully saturated rings. The maximum Gasteiger partial charge on any atom is 0.272 e. The molecule has 1 amide bonds. The van der Waals surface area contributed by atoms with E-state index in [0.717, 1.165) is 17.3 Å². The van der Waals surface area contributed by atoms with E-state index in [1.54, 1.807) is 6.07 Å². The van der Waals surface area contributed by atoms with Crippen LogP contribution in [0.25, 0.3) is 0 Å². The van der Waals surface area contributed by atoms with E-state index in [1.807, 2.05) is 10.8 Å². The molecule has 110 valence electrons. The molecule has 21 heavy (non-hydrogen) atoms. The number of anilines is 1. The van der Waals surface area contributed by atoms with Gasteiger partial charge in [0, 0.05) is 22.8 Å². The van der Waals surface area contributed by atoms with Gasteiger partial charge >= 0.3 is 0 Å². The molecular formula is C15H14BrFN2O2. The molecule has 1 aromatic carbocycles. The number of methoxy groups -OCH3 is 1. The number of aromatic nitrogens is 1. The summed E-state index contributed by atoms with van der Waals surface area (Å²) in [6.45, 7) is 0. The zero-order valence-corrected chi connectivity index (χ0v) is 13.0. The van der Waals surface area contributed by atoms with E-state index in [1.165, 1.54) is 25.3 Å². The van der Waals surface area contributed by atoms with Gasteiger partial charge in [-0.1, -0.05) is 0 Å². The fourth-order valence-electron chi connectivity index (χ4n) is 2.20.